The minimum atomic E-state index is -4.28. The van der Waals surface area contributed by atoms with Crippen LogP contribution in [0.1, 0.15) is 41.0 Å². The van der Waals surface area contributed by atoms with E-state index >= 15 is 0 Å². The Hall–Kier alpha value is -0.390. The maximum atomic E-state index is 12.5. The van der Waals surface area contributed by atoms with Gasteiger partial charge in [-0.3, -0.25) is 0 Å². The second kappa shape index (κ2) is 4.85. The van der Waals surface area contributed by atoms with Crippen LogP contribution in [0.25, 0.3) is 0 Å². The Morgan fingerprint density at radius 2 is 1.56 bits per heavy atom. The molecule has 0 saturated carbocycles. The second-order valence-electron chi connectivity index (χ2n) is 5.24. The average Bonchev–Trinajstić information content (AvgIpc) is 1.99. The molecule has 0 aromatic rings. The van der Waals surface area contributed by atoms with Gasteiger partial charge in [-0.05, 0) is 27.2 Å². The number of halogens is 3. The lowest BCUT2D eigenvalue weighted by Crippen LogP contribution is -2.32. The molecule has 0 fully saturated rings. The molecule has 0 spiro atoms. The molecule has 0 radical (unpaired) electrons. The standard InChI is InChI=1S/C10H18F3NOS/c1-8(2,3)16(15)14-7-6-9(4,5)10(11,12)13/h7H,6H2,1-5H3/b14-7-/t16-/m0/s1. The number of nitrogens with zero attached hydrogens (tertiary/aromatic N) is 1. The Morgan fingerprint density at radius 3 is 1.88 bits per heavy atom. The lowest BCUT2D eigenvalue weighted by Gasteiger charge is -2.25. The summed E-state index contributed by atoms with van der Waals surface area (Å²) in [6.45, 7) is 7.35. The summed E-state index contributed by atoms with van der Waals surface area (Å²) in [5.41, 5.74) is -1.83. The van der Waals surface area contributed by atoms with Crippen molar-refractivity contribution in [3.8, 4) is 0 Å². The molecule has 0 unspecified atom stereocenters. The number of alkyl halides is 3. The number of hydrogen-bond acceptors (Lipinski definition) is 1. The molecule has 2 nitrogen and oxygen atoms in total. The summed E-state index contributed by atoms with van der Waals surface area (Å²) < 4.78 is 51.9. The largest absolute Gasteiger partial charge is 0.394 e. The first kappa shape index (κ1) is 15.6. The van der Waals surface area contributed by atoms with Gasteiger partial charge in [-0.25, -0.2) is 4.21 Å². The van der Waals surface area contributed by atoms with Crippen LogP contribution in [0.15, 0.2) is 4.40 Å². The van der Waals surface area contributed by atoms with Gasteiger partial charge in [0.25, 0.3) is 0 Å². The van der Waals surface area contributed by atoms with E-state index in [1.807, 2.05) is 0 Å². The third-order valence-corrected chi connectivity index (χ3v) is 3.45. The molecule has 96 valence electrons. The lowest BCUT2D eigenvalue weighted by molar-refractivity contribution is -0.208. The third-order valence-electron chi connectivity index (χ3n) is 2.06. The molecule has 6 heteroatoms. The van der Waals surface area contributed by atoms with Crippen LogP contribution >= 0.6 is 0 Å². The fraction of sp³-hybridized carbons (Fsp3) is 0.900. The zero-order valence-corrected chi connectivity index (χ0v) is 11.0. The van der Waals surface area contributed by atoms with Gasteiger partial charge in [0.15, 0.2) is 0 Å². The van der Waals surface area contributed by atoms with E-state index in [0.29, 0.717) is 0 Å². The summed E-state index contributed by atoms with van der Waals surface area (Å²) in [6.07, 6.45) is -3.44. The summed E-state index contributed by atoms with van der Waals surface area (Å²) in [5.74, 6) is 0. The van der Waals surface area contributed by atoms with Crippen LogP contribution in [-0.4, -0.2) is 21.3 Å². The lowest BCUT2D eigenvalue weighted by atomic mass is 9.89. The van der Waals surface area contributed by atoms with Gasteiger partial charge < -0.3 is 0 Å². The fourth-order valence-corrected chi connectivity index (χ4v) is 1.13. The molecule has 0 amide bonds. The molecule has 16 heavy (non-hydrogen) atoms. The molecule has 0 aromatic carbocycles. The molecular weight excluding hydrogens is 239 g/mol. The van der Waals surface area contributed by atoms with E-state index in [9.17, 15) is 17.4 Å². The molecule has 0 rings (SSSR count). The van der Waals surface area contributed by atoms with Crippen molar-refractivity contribution in [1.82, 2.24) is 0 Å². The molecule has 0 aliphatic heterocycles. The smallest absolute Gasteiger partial charge is 0.234 e. The predicted octanol–water partition coefficient (Wildman–Crippen LogP) is 3.50. The van der Waals surface area contributed by atoms with E-state index in [2.05, 4.69) is 4.40 Å². The monoisotopic (exact) mass is 257 g/mol. The minimum absolute atomic E-state index is 0.266. The number of hydrogen-bond donors (Lipinski definition) is 0. The Bertz CT molecular complexity index is 289. The Labute approximate surface area is 96.9 Å². The Kier molecular flexibility index (Phi) is 4.74. The highest BCUT2D eigenvalue weighted by Gasteiger charge is 2.46. The fourth-order valence-electron chi connectivity index (χ4n) is 0.607. The van der Waals surface area contributed by atoms with E-state index in [0.717, 1.165) is 20.1 Å². The quantitative estimate of drug-likeness (QED) is 0.711. The molecule has 0 aliphatic rings. The summed E-state index contributed by atoms with van der Waals surface area (Å²) in [6, 6.07) is 0. The molecule has 0 bridgehead atoms. The summed E-state index contributed by atoms with van der Waals surface area (Å²) in [7, 11) is -1.50. The molecule has 1 atom stereocenters. The van der Waals surface area contributed by atoms with Crippen molar-refractivity contribution in [1.29, 1.82) is 0 Å². The van der Waals surface area contributed by atoms with Crippen molar-refractivity contribution in [2.45, 2.75) is 52.0 Å². The van der Waals surface area contributed by atoms with Crippen molar-refractivity contribution < 1.29 is 17.4 Å². The van der Waals surface area contributed by atoms with Gasteiger partial charge in [-0.2, -0.15) is 17.6 Å². The molecular formula is C10H18F3NOS. The van der Waals surface area contributed by atoms with E-state index in [4.69, 9.17) is 0 Å². The van der Waals surface area contributed by atoms with Gasteiger partial charge in [0, 0.05) is 6.21 Å². The van der Waals surface area contributed by atoms with E-state index in [-0.39, 0.29) is 6.42 Å². The van der Waals surface area contributed by atoms with Gasteiger partial charge in [0.1, 0.15) is 11.0 Å². The zero-order valence-electron chi connectivity index (χ0n) is 10.2. The minimum Gasteiger partial charge on any atom is -0.234 e. The third kappa shape index (κ3) is 4.63. The van der Waals surface area contributed by atoms with Crippen LogP contribution in [0.2, 0.25) is 0 Å². The molecule has 0 aromatic heterocycles. The highest BCUT2D eigenvalue weighted by Crippen LogP contribution is 2.39. The number of rotatable bonds is 3. The van der Waals surface area contributed by atoms with Crippen molar-refractivity contribution in [3.05, 3.63) is 0 Å². The first-order valence-corrected chi connectivity index (χ1v) is 6.00. The highest BCUT2D eigenvalue weighted by molar-refractivity contribution is 7.85. The van der Waals surface area contributed by atoms with E-state index < -0.39 is 27.3 Å². The normalized spacial score (nSPS) is 16.8. The van der Waals surface area contributed by atoms with Crippen molar-refractivity contribution >= 4 is 17.2 Å². The SMILES string of the molecule is CC(C)(C)[S@](=O)/N=C\CC(C)(C)C(F)(F)F. The zero-order chi connectivity index (χ0) is 13.2. The Balaban J connectivity index is 4.48. The van der Waals surface area contributed by atoms with Gasteiger partial charge in [-0.1, -0.05) is 13.8 Å². The van der Waals surface area contributed by atoms with Crippen molar-refractivity contribution in [3.63, 3.8) is 0 Å². The molecule has 0 N–H and O–H groups in total. The van der Waals surface area contributed by atoms with Crippen LogP contribution in [-0.2, 0) is 11.0 Å². The van der Waals surface area contributed by atoms with Gasteiger partial charge in [-0.15, -0.1) is 0 Å². The topological polar surface area (TPSA) is 29.4 Å². The summed E-state index contributed by atoms with van der Waals surface area (Å²) >= 11 is 0. The maximum absolute atomic E-state index is 12.5. The van der Waals surface area contributed by atoms with E-state index in [1.54, 1.807) is 20.8 Å². The Morgan fingerprint density at radius 1 is 1.12 bits per heavy atom. The molecule has 0 saturated heterocycles. The van der Waals surface area contributed by atoms with Gasteiger partial charge in [0.2, 0.25) is 0 Å². The van der Waals surface area contributed by atoms with Crippen molar-refractivity contribution in [2.75, 3.05) is 0 Å². The van der Waals surface area contributed by atoms with Crippen molar-refractivity contribution in [2.24, 2.45) is 9.81 Å². The second-order valence-corrected chi connectivity index (χ2v) is 7.17. The summed E-state index contributed by atoms with van der Waals surface area (Å²) in [5, 5.41) is 0. The van der Waals surface area contributed by atoms with Crippen LogP contribution in [0.5, 0.6) is 0 Å². The molecule has 0 heterocycles. The maximum Gasteiger partial charge on any atom is 0.394 e. The summed E-state index contributed by atoms with van der Waals surface area (Å²) in [4.78, 5) is 0. The predicted molar refractivity (Wildman–Crippen MR) is 60.8 cm³/mol. The van der Waals surface area contributed by atoms with Gasteiger partial charge >= 0.3 is 6.18 Å². The highest BCUT2D eigenvalue weighted by atomic mass is 32.2. The van der Waals surface area contributed by atoms with Crippen LogP contribution < -0.4 is 0 Å². The van der Waals surface area contributed by atoms with E-state index in [1.165, 1.54) is 0 Å². The first-order valence-electron chi connectivity index (χ1n) is 4.89. The average molecular weight is 257 g/mol. The van der Waals surface area contributed by atoms with Crippen LogP contribution in [0, 0.1) is 5.41 Å². The van der Waals surface area contributed by atoms with Crippen LogP contribution in [0.3, 0.4) is 0 Å². The first-order chi connectivity index (χ1) is 6.88. The molecule has 0 aliphatic carbocycles. The van der Waals surface area contributed by atoms with Gasteiger partial charge in [0.05, 0.1) is 10.2 Å². The van der Waals surface area contributed by atoms with Crippen LogP contribution in [0.4, 0.5) is 13.2 Å².